The molecule has 2 unspecified atom stereocenters. The molecule has 2 atom stereocenters. The molecule has 1 saturated heterocycles. The van der Waals surface area contributed by atoms with Gasteiger partial charge >= 0.3 is 0 Å². The SMILES string of the molecule is C1=C(c2cc3ncccc3o2)CC2NCC2C1. The van der Waals surface area contributed by atoms with E-state index in [1.165, 1.54) is 18.5 Å². The highest BCUT2D eigenvalue weighted by atomic mass is 16.3. The summed E-state index contributed by atoms with van der Waals surface area (Å²) in [6, 6.07) is 6.60. The summed E-state index contributed by atoms with van der Waals surface area (Å²) in [6.45, 7) is 1.18. The van der Waals surface area contributed by atoms with E-state index >= 15 is 0 Å². The van der Waals surface area contributed by atoms with Gasteiger partial charge in [-0.1, -0.05) is 6.08 Å². The van der Waals surface area contributed by atoms with Crippen LogP contribution in [0.15, 0.2) is 34.9 Å². The lowest BCUT2D eigenvalue weighted by Crippen LogP contribution is -2.53. The summed E-state index contributed by atoms with van der Waals surface area (Å²) in [7, 11) is 0. The van der Waals surface area contributed by atoms with Gasteiger partial charge in [0.15, 0.2) is 5.58 Å². The van der Waals surface area contributed by atoms with Crippen molar-refractivity contribution >= 4 is 16.7 Å². The number of hydrogen-bond donors (Lipinski definition) is 1. The molecule has 0 radical (unpaired) electrons. The molecule has 0 saturated carbocycles. The number of fused-ring (bicyclic) bond motifs is 2. The molecule has 0 amide bonds. The van der Waals surface area contributed by atoms with Crippen LogP contribution in [0.25, 0.3) is 16.7 Å². The van der Waals surface area contributed by atoms with Crippen LogP contribution in [-0.2, 0) is 0 Å². The minimum atomic E-state index is 0.663. The summed E-state index contributed by atoms with van der Waals surface area (Å²) in [4.78, 5) is 4.31. The minimum absolute atomic E-state index is 0.663. The zero-order chi connectivity index (χ0) is 11.2. The van der Waals surface area contributed by atoms with Gasteiger partial charge in [-0.3, -0.25) is 4.98 Å². The Morgan fingerprint density at radius 1 is 1.41 bits per heavy atom. The van der Waals surface area contributed by atoms with Crippen molar-refractivity contribution in [1.29, 1.82) is 0 Å². The number of allylic oxidation sites excluding steroid dienone is 1. The normalized spacial score (nSPS) is 27.4. The van der Waals surface area contributed by atoms with Gasteiger partial charge in [0.1, 0.15) is 11.3 Å². The van der Waals surface area contributed by atoms with Crippen molar-refractivity contribution in [2.45, 2.75) is 18.9 Å². The molecule has 1 aliphatic heterocycles. The molecule has 2 aromatic rings. The molecule has 1 N–H and O–H groups in total. The number of nitrogens with zero attached hydrogens (tertiary/aromatic N) is 1. The Hall–Kier alpha value is -1.61. The lowest BCUT2D eigenvalue weighted by Gasteiger charge is -2.41. The van der Waals surface area contributed by atoms with E-state index in [1.54, 1.807) is 6.20 Å². The first-order chi connectivity index (χ1) is 8.40. The van der Waals surface area contributed by atoms with E-state index in [0.717, 1.165) is 29.2 Å². The van der Waals surface area contributed by atoms with Crippen LogP contribution in [0.4, 0.5) is 0 Å². The van der Waals surface area contributed by atoms with E-state index in [4.69, 9.17) is 4.42 Å². The van der Waals surface area contributed by atoms with Gasteiger partial charge in [-0.25, -0.2) is 0 Å². The molecule has 2 aromatic heterocycles. The highest BCUT2D eigenvalue weighted by Gasteiger charge is 2.33. The van der Waals surface area contributed by atoms with Crippen LogP contribution in [0, 0.1) is 5.92 Å². The number of rotatable bonds is 1. The predicted octanol–water partition coefficient (Wildman–Crippen LogP) is 2.59. The second-order valence-corrected chi connectivity index (χ2v) is 4.94. The molecule has 86 valence electrons. The van der Waals surface area contributed by atoms with E-state index < -0.39 is 0 Å². The van der Waals surface area contributed by atoms with Crippen LogP contribution in [-0.4, -0.2) is 17.6 Å². The maximum atomic E-state index is 5.86. The first-order valence-corrected chi connectivity index (χ1v) is 6.17. The standard InChI is InChI=1S/C14H14N2O/c1-2-13-12(15-5-1)7-14(17-13)9-3-4-10-8-16-11(10)6-9/h1-3,5,7,10-11,16H,4,6,8H2. The number of aromatic nitrogens is 1. The second-order valence-electron chi connectivity index (χ2n) is 4.94. The molecule has 2 aliphatic rings. The van der Waals surface area contributed by atoms with Gasteiger partial charge in [0.05, 0.1) is 0 Å². The Balaban J connectivity index is 1.74. The van der Waals surface area contributed by atoms with Crippen molar-refractivity contribution in [2.75, 3.05) is 6.54 Å². The monoisotopic (exact) mass is 226 g/mol. The van der Waals surface area contributed by atoms with Crippen molar-refractivity contribution in [3.8, 4) is 0 Å². The fourth-order valence-electron chi connectivity index (χ4n) is 2.78. The summed E-state index contributed by atoms with van der Waals surface area (Å²) in [5.41, 5.74) is 3.16. The molecule has 3 heteroatoms. The number of hydrogen-bond acceptors (Lipinski definition) is 3. The third kappa shape index (κ3) is 1.42. The van der Waals surface area contributed by atoms with Gasteiger partial charge in [0.2, 0.25) is 0 Å². The average Bonchev–Trinajstić information content (AvgIpc) is 2.74. The van der Waals surface area contributed by atoms with E-state index in [1.807, 2.05) is 12.1 Å². The zero-order valence-electron chi connectivity index (χ0n) is 9.52. The molecule has 3 nitrogen and oxygen atoms in total. The Morgan fingerprint density at radius 3 is 3.18 bits per heavy atom. The summed E-state index contributed by atoms with van der Waals surface area (Å²) in [5, 5.41) is 3.48. The van der Waals surface area contributed by atoms with E-state index in [9.17, 15) is 0 Å². The quantitative estimate of drug-likeness (QED) is 0.812. The number of furan rings is 1. The van der Waals surface area contributed by atoms with E-state index in [2.05, 4.69) is 22.4 Å². The first kappa shape index (κ1) is 9.42. The van der Waals surface area contributed by atoms with Crippen LogP contribution in [0.5, 0.6) is 0 Å². The predicted molar refractivity (Wildman–Crippen MR) is 66.5 cm³/mol. The molecular weight excluding hydrogens is 212 g/mol. The molecule has 0 spiro atoms. The highest BCUT2D eigenvalue weighted by Crippen LogP contribution is 2.35. The molecule has 1 aliphatic carbocycles. The maximum Gasteiger partial charge on any atom is 0.153 e. The highest BCUT2D eigenvalue weighted by molar-refractivity contribution is 5.78. The first-order valence-electron chi connectivity index (χ1n) is 6.17. The molecular formula is C14H14N2O. The number of nitrogens with one attached hydrogen (secondary N) is 1. The van der Waals surface area contributed by atoms with Gasteiger partial charge in [0, 0.05) is 24.8 Å². The average molecular weight is 226 g/mol. The van der Waals surface area contributed by atoms with Gasteiger partial charge < -0.3 is 9.73 Å². The van der Waals surface area contributed by atoms with Crippen LogP contribution in [0.3, 0.4) is 0 Å². The van der Waals surface area contributed by atoms with E-state index in [-0.39, 0.29) is 0 Å². The van der Waals surface area contributed by atoms with Gasteiger partial charge in [-0.05, 0) is 36.5 Å². The minimum Gasteiger partial charge on any atom is -0.455 e. The smallest absolute Gasteiger partial charge is 0.153 e. The Labute approximate surface area is 99.5 Å². The van der Waals surface area contributed by atoms with Crippen molar-refractivity contribution < 1.29 is 4.42 Å². The van der Waals surface area contributed by atoms with Crippen molar-refractivity contribution in [3.05, 3.63) is 36.2 Å². The summed E-state index contributed by atoms with van der Waals surface area (Å²) in [6.07, 6.45) is 6.40. The Morgan fingerprint density at radius 2 is 2.41 bits per heavy atom. The van der Waals surface area contributed by atoms with Crippen LogP contribution < -0.4 is 5.32 Å². The van der Waals surface area contributed by atoms with Crippen molar-refractivity contribution in [3.63, 3.8) is 0 Å². The topological polar surface area (TPSA) is 38.1 Å². The lowest BCUT2D eigenvalue weighted by molar-refractivity contribution is 0.230. The fraction of sp³-hybridized carbons (Fsp3) is 0.357. The summed E-state index contributed by atoms with van der Waals surface area (Å²) < 4.78 is 5.86. The molecule has 0 bridgehead atoms. The third-order valence-electron chi connectivity index (χ3n) is 3.92. The zero-order valence-corrected chi connectivity index (χ0v) is 9.52. The Kier molecular flexibility index (Phi) is 1.91. The largest absolute Gasteiger partial charge is 0.455 e. The van der Waals surface area contributed by atoms with Gasteiger partial charge in [-0.2, -0.15) is 0 Å². The molecule has 1 fully saturated rings. The maximum absolute atomic E-state index is 5.86. The van der Waals surface area contributed by atoms with Crippen LogP contribution in [0.1, 0.15) is 18.6 Å². The number of pyridine rings is 1. The third-order valence-corrected chi connectivity index (χ3v) is 3.92. The van der Waals surface area contributed by atoms with E-state index in [0.29, 0.717) is 6.04 Å². The molecule has 4 rings (SSSR count). The van der Waals surface area contributed by atoms with Crippen LogP contribution in [0.2, 0.25) is 0 Å². The lowest BCUT2D eigenvalue weighted by atomic mass is 9.79. The molecule has 17 heavy (non-hydrogen) atoms. The Bertz CT molecular complexity index is 566. The summed E-state index contributed by atoms with van der Waals surface area (Å²) >= 11 is 0. The summed E-state index contributed by atoms with van der Waals surface area (Å²) in [5.74, 6) is 1.84. The molecule has 0 aromatic carbocycles. The second kappa shape index (κ2) is 3.44. The molecule has 3 heterocycles. The van der Waals surface area contributed by atoms with Gasteiger partial charge in [-0.15, -0.1) is 0 Å². The van der Waals surface area contributed by atoms with Crippen molar-refractivity contribution in [1.82, 2.24) is 10.3 Å². The van der Waals surface area contributed by atoms with Crippen LogP contribution >= 0.6 is 0 Å². The van der Waals surface area contributed by atoms with Gasteiger partial charge in [0.25, 0.3) is 0 Å². The van der Waals surface area contributed by atoms with Crippen molar-refractivity contribution in [2.24, 2.45) is 5.92 Å². The fourth-order valence-corrected chi connectivity index (χ4v) is 2.78.